The summed E-state index contributed by atoms with van der Waals surface area (Å²) in [5.41, 5.74) is 2.34. The van der Waals surface area contributed by atoms with Crippen LogP contribution in [0.5, 0.6) is 0 Å². The second-order valence-electron chi connectivity index (χ2n) is 4.90. The van der Waals surface area contributed by atoms with E-state index in [4.69, 9.17) is 4.98 Å². The molecule has 0 fully saturated rings. The molecule has 96 valence electrons. The third-order valence-corrected chi connectivity index (χ3v) is 3.69. The summed E-state index contributed by atoms with van der Waals surface area (Å²) >= 11 is 1.79. The van der Waals surface area contributed by atoms with E-state index in [0.717, 1.165) is 18.8 Å². The van der Waals surface area contributed by atoms with Crippen molar-refractivity contribution in [3.8, 4) is 11.3 Å². The van der Waals surface area contributed by atoms with Crippen molar-refractivity contribution < 1.29 is 0 Å². The second kappa shape index (κ2) is 6.12. The van der Waals surface area contributed by atoms with Gasteiger partial charge in [-0.3, -0.25) is 0 Å². The smallest absolute Gasteiger partial charge is 0.107 e. The minimum absolute atomic E-state index is 0.680. The number of thiazole rings is 1. The molecule has 2 nitrogen and oxygen atoms in total. The number of nitrogens with zero attached hydrogens (tertiary/aromatic N) is 1. The van der Waals surface area contributed by atoms with Crippen LogP contribution in [0.3, 0.4) is 0 Å². The van der Waals surface area contributed by atoms with Gasteiger partial charge in [0.05, 0.1) is 5.69 Å². The Kier molecular flexibility index (Phi) is 4.50. The Morgan fingerprint density at radius 1 is 1.22 bits per heavy atom. The highest BCUT2D eigenvalue weighted by Gasteiger charge is 2.09. The summed E-state index contributed by atoms with van der Waals surface area (Å²) in [6.07, 6.45) is 0. The molecule has 2 aromatic rings. The van der Waals surface area contributed by atoms with Crippen LogP contribution >= 0.6 is 11.3 Å². The Labute approximate surface area is 113 Å². The summed E-state index contributed by atoms with van der Waals surface area (Å²) in [5.74, 6) is 0.680. The van der Waals surface area contributed by atoms with Gasteiger partial charge in [0.15, 0.2) is 0 Å². The van der Waals surface area contributed by atoms with Crippen molar-refractivity contribution in [2.75, 3.05) is 6.54 Å². The van der Waals surface area contributed by atoms with Crippen LogP contribution in [0.25, 0.3) is 11.3 Å². The monoisotopic (exact) mass is 260 g/mol. The number of aromatic nitrogens is 1. The standard InChI is InChI=1S/C15H20N2S/c1-11(2)9-16-10-14-17-15(12(3)18-14)13-7-5-4-6-8-13/h4-8,11,16H,9-10H2,1-3H3. The lowest BCUT2D eigenvalue weighted by Crippen LogP contribution is -2.18. The molecule has 2 rings (SSSR count). The molecule has 0 aliphatic carbocycles. The zero-order valence-electron chi connectivity index (χ0n) is 11.2. The molecule has 0 saturated heterocycles. The first-order valence-corrected chi connectivity index (χ1v) is 7.21. The van der Waals surface area contributed by atoms with Gasteiger partial charge in [-0.2, -0.15) is 0 Å². The van der Waals surface area contributed by atoms with Crippen LogP contribution in [0.2, 0.25) is 0 Å². The largest absolute Gasteiger partial charge is 0.310 e. The van der Waals surface area contributed by atoms with E-state index >= 15 is 0 Å². The minimum atomic E-state index is 0.680. The van der Waals surface area contributed by atoms with E-state index in [9.17, 15) is 0 Å². The number of nitrogens with one attached hydrogen (secondary N) is 1. The maximum Gasteiger partial charge on any atom is 0.107 e. The van der Waals surface area contributed by atoms with Crippen molar-refractivity contribution in [3.05, 3.63) is 40.2 Å². The highest BCUT2D eigenvalue weighted by atomic mass is 32.1. The Bertz CT molecular complexity index is 488. The van der Waals surface area contributed by atoms with Gasteiger partial charge in [-0.05, 0) is 19.4 Å². The number of hydrogen-bond acceptors (Lipinski definition) is 3. The van der Waals surface area contributed by atoms with Gasteiger partial charge >= 0.3 is 0 Å². The predicted molar refractivity (Wildman–Crippen MR) is 78.8 cm³/mol. The van der Waals surface area contributed by atoms with Gasteiger partial charge in [0.25, 0.3) is 0 Å². The molecule has 1 aromatic carbocycles. The van der Waals surface area contributed by atoms with Gasteiger partial charge in [-0.15, -0.1) is 11.3 Å². The second-order valence-corrected chi connectivity index (χ2v) is 6.19. The van der Waals surface area contributed by atoms with E-state index in [0.29, 0.717) is 5.92 Å². The molecule has 0 unspecified atom stereocenters. The van der Waals surface area contributed by atoms with Crippen molar-refractivity contribution >= 4 is 11.3 Å². The molecule has 0 aliphatic rings. The van der Waals surface area contributed by atoms with Crippen LogP contribution in [-0.2, 0) is 6.54 Å². The van der Waals surface area contributed by atoms with Crippen LogP contribution in [0.15, 0.2) is 30.3 Å². The number of rotatable bonds is 5. The predicted octanol–water partition coefficient (Wildman–Crippen LogP) is 3.86. The number of benzene rings is 1. The molecule has 3 heteroatoms. The van der Waals surface area contributed by atoms with Crippen molar-refractivity contribution in [2.45, 2.75) is 27.3 Å². The van der Waals surface area contributed by atoms with Crippen LogP contribution in [0.1, 0.15) is 23.7 Å². The molecule has 1 N–H and O–H groups in total. The molecule has 0 spiro atoms. The van der Waals surface area contributed by atoms with E-state index in [1.807, 2.05) is 6.07 Å². The third kappa shape index (κ3) is 3.40. The first-order chi connectivity index (χ1) is 8.66. The van der Waals surface area contributed by atoms with Crippen molar-refractivity contribution in [1.82, 2.24) is 10.3 Å². The molecule has 0 atom stereocenters. The normalized spacial score (nSPS) is 11.1. The fourth-order valence-electron chi connectivity index (χ4n) is 1.86. The maximum absolute atomic E-state index is 4.73. The highest BCUT2D eigenvalue weighted by Crippen LogP contribution is 2.27. The van der Waals surface area contributed by atoms with Gasteiger partial charge < -0.3 is 5.32 Å². The van der Waals surface area contributed by atoms with E-state index < -0.39 is 0 Å². The lowest BCUT2D eigenvalue weighted by molar-refractivity contribution is 0.551. The van der Waals surface area contributed by atoms with Crippen LogP contribution in [-0.4, -0.2) is 11.5 Å². The van der Waals surface area contributed by atoms with E-state index in [2.05, 4.69) is 50.4 Å². The molecule has 0 amide bonds. The fraction of sp³-hybridized carbons (Fsp3) is 0.400. The zero-order chi connectivity index (χ0) is 13.0. The van der Waals surface area contributed by atoms with E-state index in [-0.39, 0.29) is 0 Å². The summed E-state index contributed by atoms with van der Waals surface area (Å²) in [6, 6.07) is 10.4. The van der Waals surface area contributed by atoms with Crippen LogP contribution < -0.4 is 5.32 Å². The van der Waals surface area contributed by atoms with Gasteiger partial charge in [0, 0.05) is 17.0 Å². The van der Waals surface area contributed by atoms with Crippen molar-refractivity contribution in [1.29, 1.82) is 0 Å². The molecule has 0 radical (unpaired) electrons. The molecule has 18 heavy (non-hydrogen) atoms. The average molecular weight is 260 g/mol. The summed E-state index contributed by atoms with van der Waals surface area (Å²) in [6.45, 7) is 8.49. The fourth-order valence-corrected chi connectivity index (χ4v) is 2.78. The molecule has 0 saturated carbocycles. The Balaban J connectivity index is 2.08. The van der Waals surface area contributed by atoms with Crippen molar-refractivity contribution in [3.63, 3.8) is 0 Å². The first kappa shape index (κ1) is 13.2. The molecule has 1 heterocycles. The number of aryl methyl sites for hydroxylation is 1. The molecule has 0 aliphatic heterocycles. The van der Waals surface area contributed by atoms with E-state index in [1.54, 1.807) is 11.3 Å². The summed E-state index contributed by atoms with van der Waals surface area (Å²) in [5, 5.41) is 4.61. The van der Waals surface area contributed by atoms with Crippen LogP contribution in [0, 0.1) is 12.8 Å². The minimum Gasteiger partial charge on any atom is -0.310 e. The molecule has 1 aromatic heterocycles. The SMILES string of the molecule is Cc1sc(CNCC(C)C)nc1-c1ccccc1. The van der Waals surface area contributed by atoms with Crippen LogP contribution in [0.4, 0.5) is 0 Å². The van der Waals surface area contributed by atoms with Crippen molar-refractivity contribution in [2.24, 2.45) is 5.92 Å². The van der Waals surface area contributed by atoms with Gasteiger partial charge in [-0.1, -0.05) is 44.2 Å². The lowest BCUT2D eigenvalue weighted by Gasteiger charge is -2.04. The summed E-state index contributed by atoms with van der Waals surface area (Å²) in [7, 11) is 0. The molecular formula is C15H20N2S. The van der Waals surface area contributed by atoms with Gasteiger partial charge in [0.2, 0.25) is 0 Å². The van der Waals surface area contributed by atoms with Gasteiger partial charge in [-0.25, -0.2) is 4.98 Å². The van der Waals surface area contributed by atoms with Gasteiger partial charge in [0.1, 0.15) is 5.01 Å². The maximum atomic E-state index is 4.73. The zero-order valence-corrected chi connectivity index (χ0v) is 12.1. The first-order valence-electron chi connectivity index (χ1n) is 6.39. The Hall–Kier alpha value is -1.19. The third-order valence-electron chi connectivity index (χ3n) is 2.72. The lowest BCUT2D eigenvalue weighted by atomic mass is 10.1. The quantitative estimate of drug-likeness (QED) is 0.883. The Morgan fingerprint density at radius 2 is 1.94 bits per heavy atom. The number of hydrogen-bond donors (Lipinski definition) is 1. The molecule has 0 bridgehead atoms. The molecular weight excluding hydrogens is 240 g/mol. The average Bonchev–Trinajstić information content (AvgIpc) is 2.71. The summed E-state index contributed by atoms with van der Waals surface area (Å²) < 4.78 is 0. The summed E-state index contributed by atoms with van der Waals surface area (Å²) in [4.78, 5) is 6.03. The topological polar surface area (TPSA) is 24.9 Å². The Morgan fingerprint density at radius 3 is 2.61 bits per heavy atom. The van der Waals surface area contributed by atoms with E-state index in [1.165, 1.54) is 15.4 Å². The highest BCUT2D eigenvalue weighted by molar-refractivity contribution is 7.12.